The minimum absolute atomic E-state index is 0.132. The quantitative estimate of drug-likeness (QED) is 0.827. The molecule has 0 saturated heterocycles. The Bertz CT molecular complexity index is 544. The van der Waals surface area contributed by atoms with E-state index in [1.807, 2.05) is 17.6 Å². The van der Waals surface area contributed by atoms with Crippen molar-refractivity contribution in [3.63, 3.8) is 0 Å². The molecule has 1 aromatic heterocycles. The molecular formula is C13H16FN3OS. The summed E-state index contributed by atoms with van der Waals surface area (Å²) in [5, 5.41) is 17.9. The number of hydrogen-bond acceptors (Lipinski definition) is 4. The molecule has 0 atom stereocenters. The zero-order chi connectivity index (χ0) is 13.7. The third-order valence-electron chi connectivity index (χ3n) is 2.70. The van der Waals surface area contributed by atoms with Gasteiger partial charge < -0.3 is 9.67 Å². The smallest absolute Gasteiger partial charge is 0.191 e. The van der Waals surface area contributed by atoms with Crippen LogP contribution in [0.5, 0.6) is 0 Å². The summed E-state index contributed by atoms with van der Waals surface area (Å²) in [6.07, 6.45) is 0.929. The van der Waals surface area contributed by atoms with E-state index in [-0.39, 0.29) is 12.4 Å². The van der Waals surface area contributed by atoms with Crippen molar-refractivity contribution in [2.45, 2.75) is 37.4 Å². The standard InChI is InChI=1S/C13H16FN3OS/c1-2-7-17-12(8-18)15-16-13(17)19-9-10-5-3-4-6-11(10)14/h3-6,18H,2,7-9H2,1H3. The molecule has 19 heavy (non-hydrogen) atoms. The highest BCUT2D eigenvalue weighted by atomic mass is 32.2. The van der Waals surface area contributed by atoms with Gasteiger partial charge in [-0.2, -0.15) is 0 Å². The number of hydrogen-bond donors (Lipinski definition) is 1. The summed E-state index contributed by atoms with van der Waals surface area (Å²) in [5.74, 6) is 0.844. The van der Waals surface area contributed by atoms with E-state index in [9.17, 15) is 9.50 Å². The highest BCUT2D eigenvalue weighted by Gasteiger charge is 2.12. The van der Waals surface area contributed by atoms with Crippen LogP contribution in [0.4, 0.5) is 4.39 Å². The average Bonchev–Trinajstić information content (AvgIpc) is 2.81. The Morgan fingerprint density at radius 1 is 1.32 bits per heavy atom. The van der Waals surface area contributed by atoms with E-state index in [0.717, 1.165) is 13.0 Å². The fourth-order valence-electron chi connectivity index (χ4n) is 1.75. The van der Waals surface area contributed by atoms with Crippen LogP contribution in [0.1, 0.15) is 24.7 Å². The fourth-order valence-corrected chi connectivity index (χ4v) is 2.72. The van der Waals surface area contributed by atoms with Crippen molar-refractivity contribution in [3.05, 3.63) is 41.5 Å². The summed E-state index contributed by atoms with van der Waals surface area (Å²) < 4.78 is 15.4. The lowest BCUT2D eigenvalue weighted by atomic mass is 10.2. The maximum atomic E-state index is 13.5. The number of rotatable bonds is 6. The lowest BCUT2D eigenvalue weighted by molar-refractivity contribution is 0.263. The van der Waals surface area contributed by atoms with Crippen molar-refractivity contribution in [1.82, 2.24) is 14.8 Å². The van der Waals surface area contributed by atoms with Crippen LogP contribution in [0.2, 0.25) is 0 Å². The van der Waals surface area contributed by atoms with Crippen LogP contribution in [0, 0.1) is 5.82 Å². The first kappa shape index (κ1) is 14.0. The van der Waals surface area contributed by atoms with Gasteiger partial charge in [0.1, 0.15) is 12.4 Å². The molecule has 0 radical (unpaired) electrons. The number of aliphatic hydroxyl groups is 1. The third-order valence-corrected chi connectivity index (χ3v) is 3.71. The zero-order valence-corrected chi connectivity index (χ0v) is 11.5. The fraction of sp³-hybridized carbons (Fsp3) is 0.385. The molecule has 0 unspecified atom stereocenters. The number of aliphatic hydroxyl groups excluding tert-OH is 1. The predicted octanol–water partition coefficient (Wildman–Crippen LogP) is 2.61. The van der Waals surface area contributed by atoms with E-state index in [0.29, 0.717) is 22.3 Å². The van der Waals surface area contributed by atoms with E-state index in [1.165, 1.54) is 17.8 Å². The number of benzene rings is 1. The molecule has 1 N–H and O–H groups in total. The largest absolute Gasteiger partial charge is 0.388 e. The molecule has 0 amide bonds. The number of halogens is 1. The van der Waals surface area contributed by atoms with Gasteiger partial charge in [-0.3, -0.25) is 0 Å². The van der Waals surface area contributed by atoms with Gasteiger partial charge in [0.15, 0.2) is 11.0 Å². The van der Waals surface area contributed by atoms with Gasteiger partial charge in [0.25, 0.3) is 0 Å². The van der Waals surface area contributed by atoms with Crippen molar-refractivity contribution in [2.75, 3.05) is 0 Å². The first-order valence-electron chi connectivity index (χ1n) is 6.15. The van der Waals surface area contributed by atoms with Gasteiger partial charge in [-0.15, -0.1) is 10.2 Å². The Balaban J connectivity index is 2.11. The molecule has 6 heteroatoms. The van der Waals surface area contributed by atoms with Crippen molar-refractivity contribution < 1.29 is 9.50 Å². The molecule has 0 saturated carbocycles. The van der Waals surface area contributed by atoms with Gasteiger partial charge in [-0.25, -0.2) is 4.39 Å². The summed E-state index contributed by atoms with van der Waals surface area (Å²) >= 11 is 1.43. The Morgan fingerprint density at radius 3 is 2.79 bits per heavy atom. The third kappa shape index (κ3) is 3.33. The highest BCUT2D eigenvalue weighted by molar-refractivity contribution is 7.98. The first-order chi connectivity index (χ1) is 9.26. The summed E-state index contributed by atoms with van der Waals surface area (Å²) in [6.45, 7) is 2.67. The molecule has 0 fully saturated rings. The molecule has 1 aromatic carbocycles. The van der Waals surface area contributed by atoms with Gasteiger partial charge in [0.05, 0.1) is 0 Å². The molecule has 2 aromatic rings. The minimum atomic E-state index is -0.209. The van der Waals surface area contributed by atoms with Gasteiger partial charge in [0.2, 0.25) is 0 Å². The minimum Gasteiger partial charge on any atom is -0.388 e. The van der Waals surface area contributed by atoms with Gasteiger partial charge in [0, 0.05) is 12.3 Å². The Hall–Kier alpha value is -1.40. The number of aromatic nitrogens is 3. The monoisotopic (exact) mass is 281 g/mol. The molecule has 0 aliphatic rings. The SMILES string of the molecule is CCCn1c(CO)nnc1SCc1ccccc1F. The van der Waals surface area contributed by atoms with Gasteiger partial charge >= 0.3 is 0 Å². The highest BCUT2D eigenvalue weighted by Crippen LogP contribution is 2.23. The van der Waals surface area contributed by atoms with Gasteiger partial charge in [-0.1, -0.05) is 36.9 Å². The average molecular weight is 281 g/mol. The summed E-state index contributed by atoms with van der Waals surface area (Å²) in [6, 6.07) is 6.70. The summed E-state index contributed by atoms with van der Waals surface area (Å²) in [5.41, 5.74) is 0.643. The van der Waals surface area contributed by atoms with Crippen LogP contribution in [-0.4, -0.2) is 19.9 Å². The van der Waals surface area contributed by atoms with Crippen LogP contribution in [0.25, 0.3) is 0 Å². The van der Waals surface area contributed by atoms with Crippen LogP contribution >= 0.6 is 11.8 Å². The molecular weight excluding hydrogens is 265 g/mol. The Kier molecular flexibility index (Phi) is 4.93. The van der Waals surface area contributed by atoms with Crippen molar-refractivity contribution >= 4 is 11.8 Å². The maximum absolute atomic E-state index is 13.5. The maximum Gasteiger partial charge on any atom is 0.191 e. The van der Waals surface area contributed by atoms with Crippen molar-refractivity contribution in [1.29, 1.82) is 0 Å². The van der Waals surface area contributed by atoms with Crippen LogP contribution < -0.4 is 0 Å². The molecule has 102 valence electrons. The second-order valence-electron chi connectivity index (χ2n) is 4.09. The normalized spacial score (nSPS) is 10.9. The number of nitrogens with zero attached hydrogens (tertiary/aromatic N) is 3. The second-order valence-corrected chi connectivity index (χ2v) is 5.03. The molecule has 1 heterocycles. The first-order valence-corrected chi connectivity index (χ1v) is 7.14. The topological polar surface area (TPSA) is 50.9 Å². The summed E-state index contributed by atoms with van der Waals surface area (Å²) in [7, 11) is 0. The molecule has 0 aliphatic heterocycles. The van der Waals surface area contributed by atoms with E-state index >= 15 is 0 Å². The molecule has 4 nitrogen and oxygen atoms in total. The van der Waals surface area contributed by atoms with Crippen molar-refractivity contribution in [2.24, 2.45) is 0 Å². The second kappa shape index (κ2) is 6.68. The lowest BCUT2D eigenvalue weighted by Crippen LogP contribution is -2.04. The summed E-state index contributed by atoms with van der Waals surface area (Å²) in [4.78, 5) is 0. The van der Waals surface area contributed by atoms with Crippen molar-refractivity contribution in [3.8, 4) is 0 Å². The van der Waals surface area contributed by atoms with Crippen LogP contribution in [-0.2, 0) is 18.9 Å². The van der Waals surface area contributed by atoms with E-state index < -0.39 is 0 Å². The Morgan fingerprint density at radius 2 is 2.11 bits per heavy atom. The van der Waals surface area contributed by atoms with E-state index in [2.05, 4.69) is 10.2 Å². The predicted molar refractivity (Wildman–Crippen MR) is 72.2 cm³/mol. The lowest BCUT2D eigenvalue weighted by Gasteiger charge is -2.07. The zero-order valence-electron chi connectivity index (χ0n) is 10.7. The molecule has 0 bridgehead atoms. The van der Waals surface area contributed by atoms with E-state index in [4.69, 9.17) is 0 Å². The van der Waals surface area contributed by atoms with Gasteiger partial charge in [-0.05, 0) is 18.1 Å². The molecule has 0 spiro atoms. The molecule has 0 aliphatic carbocycles. The van der Waals surface area contributed by atoms with Crippen LogP contribution in [0.15, 0.2) is 29.4 Å². The number of thioether (sulfide) groups is 1. The molecule has 2 rings (SSSR count). The van der Waals surface area contributed by atoms with Crippen LogP contribution in [0.3, 0.4) is 0 Å². The Labute approximate surface area is 115 Å². The van der Waals surface area contributed by atoms with E-state index in [1.54, 1.807) is 12.1 Å².